The van der Waals surface area contributed by atoms with Crippen LogP contribution in [0.1, 0.15) is 30.7 Å². The van der Waals surface area contributed by atoms with E-state index in [1.807, 2.05) is 60.7 Å². The van der Waals surface area contributed by atoms with Crippen LogP contribution in [0.4, 0.5) is 5.69 Å². The van der Waals surface area contributed by atoms with Gasteiger partial charge in [-0.1, -0.05) is 60.7 Å². The zero-order valence-corrected chi connectivity index (χ0v) is 24.5. The molecule has 0 atom stereocenters. The first-order valence-electron chi connectivity index (χ1n) is 12.0. The first-order valence-corrected chi connectivity index (χ1v) is 12.8. The number of rotatable bonds is 6. The summed E-state index contributed by atoms with van der Waals surface area (Å²) in [5.41, 5.74) is 11.5. The van der Waals surface area contributed by atoms with E-state index in [1.54, 1.807) is 13.8 Å². The quantitative estimate of drug-likeness (QED) is 0.123. The van der Waals surface area contributed by atoms with Gasteiger partial charge in [0.15, 0.2) is 9.88 Å². The lowest BCUT2D eigenvalue weighted by Crippen LogP contribution is -2.18. The molecule has 3 rings (SSSR count). The summed E-state index contributed by atoms with van der Waals surface area (Å²) < 4.78 is 4.67. The lowest BCUT2D eigenvalue weighted by Gasteiger charge is -2.03. The molecule has 3 aromatic rings. The second kappa shape index (κ2) is 25.6. The minimum absolute atomic E-state index is 0.000000000000000222. The highest BCUT2D eigenvalue weighted by Gasteiger charge is 2.08. The molecule has 0 aliphatic rings. The number of aliphatic hydroxyl groups excluding tert-OH is 1. The van der Waals surface area contributed by atoms with Gasteiger partial charge in [-0.05, 0) is 49.4 Å². The molecule has 1 aromatic heterocycles. The number of nitrogens with two attached hydrogens (primary N) is 2. The van der Waals surface area contributed by atoms with E-state index in [0.717, 1.165) is 17.4 Å². The van der Waals surface area contributed by atoms with Crippen LogP contribution in [0.15, 0.2) is 65.5 Å². The number of aldehydes is 1. The summed E-state index contributed by atoms with van der Waals surface area (Å²) >= 11 is 8.99. The first-order chi connectivity index (χ1) is 19.6. The lowest BCUT2D eigenvalue weighted by atomic mass is 10.1. The Balaban J connectivity index is 0. The Labute approximate surface area is 249 Å². The largest absolute Gasteiger partial charge is 0.460 e. The fourth-order valence-corrected chi connectivity index (χ4v) is 2.77. The molecule has 0 aliphatic carbocycles. The zero-order chi connectivity index (χ0) is 31.5. The molecule has 0 unspecified atom stereocenters. The molecule has 218 valence electrons. The summed E-state index contributed by atoms with van der Waals surface area (Å²) in [6.07, 6.45) is 1.93. The molecule has 0 radical (unpaired) electrons. The van der Waals surface area contributed by atoms with Gasteiger partial charge in [0.05, 0.1) is 13.2 Å². The Morgan fingerprint density at radius 1 is 1.02 bits per heavy atom. The minimum Gasteiger partial charge on any atom is -0.460 e. The highest BCUT2D eigenvalue weighted by Crippen LogP contribution is 2.15. The van der Waals surface area contributed by atoms with Crippen molar-refractivity contribution in [1.82, 2.24) is 9.97 Å². The number of ether oxygens (including phenoxy) is 1. The van der Waals surface area contributed by atoms with Crippen molar-refractivity contribution in [2.24, 2.45) is 11.5 Å². The number of thiocarbonyl (C=S) groups is 1. The number of H-pyrrole nitrogens is 2. The average Bonchev–Trinajstić information content (AvgIpc) is 2.91. The molecule has 0 spiro atoms. The number of benzene rings is 2. The smallest absolute Gasteiger partial charge is 0.387 e. The normalized spacial score (nSPS) is 8.51. The van der Waals surface area contributed by atoms with Crippen LogP contribution in [-0.4, -0.2) is 52.2 Å². The topological polar surface area (TPSA) is 173 Å². The van der Waals surface area contributed by atoms with Gasteiger partial charge in [-0.3, -0.25) is 4.79 Å². The monoisotopic (exact) mass is 598 g/mol. The third kappa shape index (κ3) is 21.9. The van der Waals surface area contributed by atoms with E-state index in [4.69, 9.17) is 30.5 Å². The Hall–Kier alpha value is -4.69. The van der Waals surface area contributed by atoms with Crippen molar-refractivity contribution in [2.45, 2.75) is 26.7 Å². The Bertz CT molecular complexity index is 1360. The third-order valence-corrected chi connectivity index (χ3v) is 4.21. The molecule has 0 aliphatic heterocycles. The molecule has 0 saturated carbocycles. The molecule has 41 heavy (non-hydrogen) atoms. The lowest BCUT2D eigenvalue weighted by molar-refractivity contribution is -0.140. The van der Waals surface area contributed by atoms with Crippen molar-refractivity contribution in [2.75, 3.05) is 19.8 Å². The predicted octanol–water partition coefficient (Wildman–Crippen LogP) is 3.66. The summed E-state index contributed by atoms with van der Waals surface area (Å²) in [6, 6.07) is 19.3. The number of carbonyl (C=O) groups is 2. The molecule has 11 nitrogen and oxygen atoms in total. The number of carbonyl (C=O) groups excluding carboxylic acids is 2. The highest BCUT2D eigenvalue weighted by molar-refractivity contribution is 7.80. The van der Waals surface area contributed by atoms with Crippen LogP contribution in [0.2, 0.25) is 0 Å². The maximum atomic E-state index is 11.5. The number of hydrogen-bond acceptors (Lipinski definition) is 7. The fraction of sp³-hybridized carbons (Fsp3) is 0.250. The fourth-order valence-electron chi connectivity index (χ4n) is 2.55. The number of aromatic amines is 2. The van der Waals surface area contributed by atoms with Crippen molar-refractivity contribution in [1.29, 1.82) is 0 Å². The van der Waals surface area contributed by atoms with E-state index in [0.29, 0.717) is 25.1 Å². The molecule has 1 heterocycles. The molecular weight excluding hydrogens is 564 g/mol. The number of esters is 1. The average molecular weight is 599 g/mol. The van der Waals surface area contributed by atoms with Gasteiger partial charge in [0.25, 0.3) is 11.2 Å². The summed E-state index contributed by atoms with van der Waals surface area (Å²) in [5.74, 6) is -0.442. The van der Waals surface area contributed by atoms with Crippen LogP contribution in [-0.2, 0) is 27.2 Å². The molecule has 0 bridgehead atoms. The first kappa shape index (κ1) is 38.5. The standard InChI is InChI=1S/C12H9N3OS.C8H8O.C5H7NO2.C2H6O.CH4N2S/c1-13-10-9(14-12(17)15-11(10)16)7-8-5-3-2-4-6-8;9-7-6-8-4-2-1-3-5-8;1-3-8-5(7)4-6-2;1-2-3;2-1(3)4/h2-6H,7H2,(H2,14,15,16,17);1-5,7H,6H2;3-4H2,1H3;3H,2H2,1H3;(H4,2,3,4). The van der Waals surface area contributed by atoms with Crippen molar-refractivity contribution < 1.29 is 19.4 Å². The van der Waals surface area contributed by atoms with Gasteiger partial charge in [-0.2, -0.15) is 0 Å². The predicted molar refractivity (Wildman–Crippen MR) is 166 cm³/mol. The van der Waals surface area contributed by atoms with Gasteiger partial charge in [-0.25, -0.2) is 16.2 Å². The Kier molecular flexibility index (Phi) is 24.0. The van der Waals surface area contributed by atoms with Crippen LogP contribution in [0.25, 0.3) is 9.69 Å². The maximum Gasteiger partial charge on any atom is 0.387 e. The van der Waals surface area contributed by atoms with Crippen LogP contribution < -0.4 is 17.0 Å². The van der Waals surface area contributed by atoms with Crippen LogP contribution >= 0.6 is 24.4 Å². The van der Waals surface area contributed by atoms with Crippen molar-refractivity contribution in [3.8, 4) is 0 Å². The van der Waals surface area contributed by atoms with E-state index in [9.17, 15) is 14.4 Å². The van der Waals surface area contributed by atoms with Gasteiger partial charge >= 0.3 is 12.5 Å². The number of aliphatic hydroxyl groups is 1. The van der Waals surface area contributed by atoms with Crippen LogP contribution in [0.3, 0.4) is 0 Å². The van der Waals surface area contributed by atoms with Gasteiger partial charge < -0.3 is 40.9 Å². The van der Waals surface area contributed by atoms with E-state index in [2.05, 4.69) is 48.1 Å². The van der Waals surface area contributed by atoms with Crippen molar-refractivity contribution in [3.05, 3.63) is 115 Å². The molecular formula is C28H34N6O5S2. The van der Waals surface area contributed by atoms with Crippen molar-refractivity contribution >= 4 is 47.5 Å². The second-order valence-corrected chi connectivity index (χ2v) is 8.09. The van der Waals surface area contributed by atoms with Gasteiger partial charge in [0.1, 0.15) is 6.29 Å². The van der Waals surface area contributed by atoms with E-state index >= 15 is 0 Å². The van der Waals surface area contributed by atoms with E-state index in [-0.39, 0.29) is 28.7 Å². The van der Waals surface area contributed by atoms with E-state index < -0.39 is 11.5 Å². The molecule has 2 aromatic carbocycles. The minimum atomic E-state index is -0.442. The summed E-state index contributed by atoms with van der Waals surface area (Å²) in [6.45, 7) is 17.1. The summed E-state index contributed by atoms with van der Waals surface area (Å²) in [5, 5.41) is 7.57. The van der Waals surface area contributed by atoms with Crippen molar-refractivity contribution in [3.63, 3.8) is 0 Å². The highest BCUT2D eigenvalue weighted by atomic mass is 32.1. The van der Waals surface area contributed by atoms with Gasteiger partial charge in [0, 0.05) is 25.1 Å². The van der Waals surface area contributed by atoms with Crippen LogP contribution in [0, 0.1) is 17.9 Å². The molecule has 0 fully saturated rings. The van der Waals surface area contributed by atoms with E-state index in [1.165, 1.54) is 0 Å². The maximum absolute atomic E-state index is 11.5. The summed E-state index contributed by atoms with van der Waals surface area (Å²) in [4.78, 5) is 43.0. The Morgan fingerprint density at radius 2 is 1.51 bits per heavy atom. The van der Waals surface area contributed by atoms with Gasteiger partial charge in [0.2, 0.25) is 0 Å². The van der Waals surface area contributed by atoms with Gasteiger partial charge in [-0.15, -0.1) is 0 Å². The second-order valence-electron chi connectivity index (χ2n) is 7.21. The number of nitrogens with zero attached hydrogens (tertiary/aromatic N) is 2. The van der Waals surface area contributed by atoms with Crippen LogP contribution in [0.5, 0.6) is 0 Å². The SMILES string of the molecule is CCO.NC(N)=S.O=CCc1ccccc1.[C-]#[N+]CC(=O)OCC.[C-]#[N+]c1c(Cc2ccccc2)[nH]c(=S)[nH]c1=O. The number of hydrogen-bond donors (Lipinski definition) is 5. The zero-order valence-electron chi connectivity index (χ0n) is 22.8. The molecule has 13 heteroatoms. The molecule has 0 saturated heterocycles. The summed E-state index contributed by atoms with van der Waals surface area (Å²) in [7, 11) is 0. The number of nitrogens with one attached hydrogen (secondary N) is 2. The number of aromatic nitrogens is 2. The Morgan fingerprint density at radius 3 is 1.93 bits per heavy atom. The third-order valence-electron chi connectivity index (χ3n) is 4.00. The molecule has 0 amide bonds. The molecule has 7 N–H and O–H groups in total.